The van der Waals surface area contributed by atoms with Gasteiger partial charge in [-0.25, -0.2) is 32.4 Å². The highest BCUT2D eigenvalue weighted by atomic mass is 31.3. The zero-order valence-electron chi connectivity index (χ0n) is 31.1. The lowest BCUT2D eigenvalue weighted by atomic mass is 10.0. The number of anilines is 1. The molecule has 5 unspecified atom stereocenters. The molecule has 12 N–H and O–H groups in total. The quantitative estimate of drug-likeness (QED) is 0.0596. The van der Waals surface area contributed by atoms with E-state index in [1.165, 1.54) is 6.08 Å². The Kier molecular flexibility index (Phi) is 17.5. The maximum absolute atomic E-state index is 13.1. The van der Waals surface area contributed by atoms with Gasteiger partial charge in [-0.3, -0.25) is 23.4 Å². The fraction of sp³-hybridized carbons (Fsp3) is 0.560. The minimum Gasteiger partial charge on any atom is -0.386 e. The highest BCUT2D eigenvalue weighted by molar-refractivity contribution is 7.67. The molecule has 0 aliphatic carbocycles. The SMILES string of the molecule is CC(C)=CCCC(C)=CCCC(C)=CCC(OP(=O)(O)OP(=O)(O)OP(=O)(O)O)[C@H]1O[C@@H](n2cnc3c(=O)[nH]c(N)nc32)[C@H](O)[C@@H]1OP(=O)(O)OP(=O)(O)OP(=O)(O)O. The Labute approximate surface area is 333 Å². The Morgan fingerprint density at radius 2 is 1.36 bits per heavy atom. The Morgan fingerprint density at radius 3 is 1.90 bits per heavy atom. The van der Waals surface area contributed by atoms with Crippen LogP contribution in [-0.2, 0) is 58.4 Å². The van der Waals surface area contributed by atoms with Crippen molar-refractivity contribution in [2.75, 3.05) is 5.73 Å². The van der Waals surface area contributed by atoms with E-state index < -0.39 is 107 Å². The van der Waals surface area contributed by atoms with Gasteiger partial charge in [0.2, 0.25) is 5.95 Å². The normalized spacial score (nSPS) is 24.2. The van der Waals surface area contributed by atoms with Gasteiger partial charge in [-0.15, -0.1) is 0 Å². The first-order valence-corrected chi connectivity index (χ1v) is 25.5. The fourth-order valence-corrected chi connectivity index (χ4v) is 11.7. The first-order valence-electron chi connectivity index (χ1n) is 16.4. The monoisotopic (exact) mass is 967 g/mol. The summed E-state index contributed by atoms with van der Waals surface area (Å²) < 4.78 is 105. The van der Waals surface area contributed by atoms with E-state index in [0.717, 1.165) is 34.9 Å². The second kappa shape index (κ2) is 20.1. The molecule has 1 aliphatic rings. The number of aliphatic hydroxyl groups excluding tert-OH is 1. The summed E-state index contributed by atoms with van der Waals surface area (Å²) in [6.45, 7) is 7.42. The number of hydrogen-bond acceptors (Lipinski definition) is 18. The molecule has 3 heterocycles. The number of ether oxygens (including phenoxy) is 1. The molecule has 1 aliphatic heterocycles. The van der Waals surface area contributed by atoms with Crippen molar-refractivity contribution in [2.24, 2.45) is 0 Å². The molecule has 2 aromatic rings. The molecule has 0 saturated carbocycles. The number of H-pyrrole nitrogens is 1. The van der Waals surface area contributed by atoms with E-state index in [0.29, 0.717) is 18.4 Å². The lowest BCUT2D eigenvalue weighted by molar-refractivity contribution is -0.0790. The summed E-state index contributed by atoms with van der Waals surface area (Å²) in [7, 11) is -36.4. The highest BCUT2D eigenvalue weighted by Gasteiger charge is 2.55. The smallest absolute Gasteiger partial charge is 0.386 e. The van der Waals surface area contributed by atoms with E-state index in [9.17, 15) is 56.9 Å². The summed E-state index contributed by atoms with van der Waals surface area (Å²) in [6, 6.07) is 0. The fourth-order valence-electron chi connectivity index (χ4n) is 5.27. The third-order valence-electron chi connectivity index (χ3n) is 7.52. The molecule has 9 atom stereocenters. The largest absolute Gasteiger partial charge is 0.490 e. The standard InChI is InChI=1S/C25H43N5O23P6/c1-14(2)7-5-8-15(3)9-6-10-16(4)11-12-17(48-56(39,40)52-58(43,44)50-54(33,34)35)20-21(49-57(41,42)53-59(45,46)51-55(36,37)38)19(31)24(47-20)30-13-27-18-22(30)28-25(26)29-23(18)32/h7,9,11,13,17,19-21,24,31H,5-6,8,10,12H2,1-4H3,(H,39,40)(H,41,42)(H,43,44)(H,45,46)(H2,33,34,35)(H2,36,37,38)(H3,26,28,29,32)/t17?,19-,20-,21+,24-/m1/s1. The summed E-state index contributed by atoms with van der Waals surface area (Å²) in [4.78, 5) is 98.6. The van der Waals surface area contributed by atoms with Gasteiger partial charge < -0.3 is 54.7 Å². The van der Waals surface area contributed by atoms with Crippen molar-refractivity contribution < 1.29 is 103 Å². The zero-order chi connectivity index (χ0) is 44.9. The van der Waals surface area contributed by atoms with Crippen molar-refractivity contribution in [3.8, 4) is 0 Å². The first-order chi connectivity index (χ1) is 26.8. The van der Waals surface area contributed by atoms with Crippen molar-refractivity contribution in [1.82, 2.24) is 19.5 Å². The van der Waals surface area contributed by atoms with Crippen LogP contribution in [0.5, 0.6) is 0 Å². The molecule has 0 spiro atoms. The molecule has 0 bridgehead atoms. The van der Waals surface area contributed by atoms with Crippen molar-refractivity contribution in [3.05, 3.63) is 51.6 Å². The molecule has 0 radical (unpaired) electrons. The summed E-state index contributed by atoms with van der Waals surface area (Å²) >= 11 is 0. The van der Waals surface area contributed by atoms with Crippen LogP contribution < -0.4 is 11.3 Å². The Balaban J connectivity index is 2.11. The minimum atomic E-state index is -6.19. The average molecular weight is 967 g/mol. The number of aliphatic hydroxyl groups is 1. The van der Waals surface area contributed by atoms with Gasteiger partial charge in [0.1, 0.15) is 24.4 Å². The van der Waals surface area contributed by atoms with Gasteiger partial charge in [-0.2, -0.15) is 22.2 Å². The predicted octanol–water partition coefficient (Wildman–Crippen LogP) is 3.19. The number of rotatable bonds is 22. The maximum Gasteiger partial charge on any atom is 0.490 e. The summed E-state index contributed by atoms with van der Waals surface area (Å²) in [5.41, 5.74) is 6.66. The molecule has 3 rings (SSSR count). The molecule has 0 aromatic carbocycles. The van der Waals surface area contributed by atoms with E-state index in [-0.39, 0.29) is 0 Å². The number of allylic oxidation sites excluding steroid dienone is 5. The van der Waals surface area contributed by atoms with Crippen molar-refractivity contribution in [3.63, 3.8) is 0 Å². The first kappa shape index (κ1) is 51.5. The molecule has 34 heteroatoms. The number of hydrogen-bond donors (Lipinski definition) is 11. The zero-order valence-corrected chi connectivity index (χ0v) is 36.4. The average Bonchev–Trinajstić information content (AvgIpc) is 3.55. The second-order valence-electron chi connectivity index (χ2n) is 12.8. The van der Waals surface area contributed by atoms with E-state index in [2.05, 4.69) is 38.3 Å². The van der Waals surface area contributed by atoms with Crippen molar-refractivity contribution in [1.29, 1.82) is 0 Å². The van der Waals surface area contributed by atoms with Gasteiger partial charge in [0.15, 0.2) is 17.4 Å². The number of nitrogen functional groups attached to an aromatic ring is 1. The number of fused-ring (bicyclic) bond motifs is 1. The Hall–Kier alpha value is -1.89. The summed E-state index contributed by atoms with van der Waals surface area (Å²) in [5.74, 6) is -0.484. The number of phosphoric acid groups is 6. The molecule has 336 valence electrons. The van der Waals surface area contributed by atoms with Crippen LogP contribution in [0.1, 0.15) is 66.0 Å². The molecule has 1 saturated heterocycles. The van der Waals surface area contributed by atoms with Crippen LogP contribution in [0, 0.1) is 0 Å². The van der Waals surface area contributed by atoms with Gasteiger partial charge in [0.05, 0.1) is 6.33 Å². The van der Waals surface area contributed by atoms with E-state index in [1.807, 2.05) is 26.8 Å². The molecule has 0 amide bonds. The predicted molar refractivity (Wildman–Crippen MR) is 200 cm³/mol. The van der Waals surface area contributed by atoms with Gasteiger partial charge in [-0.1, -0.05) is 34.9 Å². The molecule has 28 nitrogen and oxygen atoms in total. The second-order valence-corrected chi connectivity index (χ2v) is 21.6. The minimum absolute atomic E-state index is 0.340. The van der Waals surface area contributed by atoms with Gasteiger partial charge in [-0.05, 0) is 59.8 Å². The van der Waals surface area contributed by atoms with Crippen molar-refractivity contribution in [2.45, 2.75) is 90.4 Å². The number of aromatic amines is 1. The summed E-state index contributed by atoms with van der Waals surface area (Å²) in [5, 5.41) is 11.5. The number of imidazole rings is 1. The van der Waals surface area contributed by atoms with Crippen molar-refractivity contribution >= 4 is 64.0 Å². The molecule has 1 fully saturated rings. The van der Waals surface area contributed by atoms with Gasteiger partial charge >= 0.3 is 46.9 Å². The van der Waals surface area contributed by atoms with Crippen LogP contribution in [0.3, 0.4) is 0 Å². The van der Waals surface area contributed by atoms with Crippen LogP contribution >= 0.6 is 46.9 Å². The topological polar surface area (TPSA) is 439 Å². The molecular formula is C25H43N5O23P6. The van der Waals surface area contributed by atoms with E-state index in [1.54, 1.807) is 6.92 Å². The lowest BCUT2D eigenvalue weighted by Crippen LogP contribution is -2.41. The van der Waals surface area contributed by atoms with Crippen LogP contribution in [-0.4, -0.2) is 88.2 Å². The van der Waals surface area contributed by atoms with Gasteiger partial charge in [0.25, 0.3) is 5.56 Å². The number of nitrogens with zero attached hydrogens (tertiary/aromatic N) is 3. The van der Waals surface area contributed by atoms with Crippen LogP contribution in [0.15, 0.2) is 46.1 Å². The lowest BCUT2D eigenvalue weighted by Gasteiger charge is -2.29. The highest BCUT2D eigenvalue weighted by Crippen LogP contribution is 2.68. The Bertz CT molecular complexity index is 2280. The molecule has 59 heavy (non-hydrogen) atoms. The number of aromatic nitrogens is 4. The Morgan fingerprint density at radius 1 is 0.831 bits per heavy atom. The number of nitrogens with one attached hydrogen (secondary N) is 1. The van der Waals surface area contributed by atoms with E-state index in [4.69, 9.17) is 39.1 Å². The molecule has 2 aromatic heterocycles. The van der Waals surface area contributed by atoms with Gasteiger partial charge in [0, 0.05) is 0 Å². The van der Waals surface area contributed by atoms with Crippen LogP contribution in [0.25, 0.3) is 11.2 Å². The third-order valence-corrected chi connectivity index (χ3v) is 15.2. The van der Waals surface area contributed by atoms with E-state index >= 15 is 0 Å². The van der Waals surface area contributed by atoms with Crippen LogP contribution in [0.4, 0.5) is 5.95 Å². The number of nitrogens with two attached hydrogens (primary N) is 1. The van der Waals surface area contributed by atoms with Crippen LogP contribution in [0.2, 0.25) is 0 Å². The maximum atomic E-state index is 13.1. The third kappa shape index (κ3) is 17.1. The molecular weight excluding hydrogens is 924 g/mol. The summed E-state index contributed by atoms with van der Waals surface area (Å²) in [6.07, 6.45) is -3.30. The number of phosphoric ester groups is 2.